The molecule has 0 fully saturated rings. The second-order valence-electron chi connectivity index (χ2n) is 7.22. The molecule has 166 valence electrons. The molecule has 0 saturated heterocycles. The van der Waals surface area contributed by atoms with E-state index in [1.54, 1.807) is 0 Å². The minimum absolute atomic E-state index is 0. The first kappa shape index (κ1) is 35.5. The predicted octanol–water partition coefficient (Wildman–Crippen LogP) is 4.90. The van der Waals surface area contributed by atoms with Gasteiger partial charge < -0.3 is 25.9 Å². The van der Waals surface area contributed by atoms with Crippen molar-refractivity contribution in [3.8, 4) is 0 Å². The van der Waals surface area contributed by atoms with E-state index in [1.165, 1.54) is 83.5 Å². The molecular weight excluding hydrogens is 396 g/mol. The summed E-state index contributed by atoms with van der Waals surface area (Å²) in [5.41, 5.74) is 0. The Kier molecular flexibility index (Phi) is 37.0. The fourth-order valence-corrected chi connectivity index (χ4v) is 2.95. The molecule has 1 unspecified atom stereocenters. The van der Waals surface area contributed by atoms with Gasteiger partial charge in [-0.25, -0.2) is 0 Å². The Morgan fingerprint density at radius 2 is 1.11 bits per heavy atom. The smallest absolute Gasteiger partial charge is 2.00 e. The van der Waals surface area contributed by atoms with Crippen molar-refractivity contribution < 1.29 is 52.4 Å². The summed E-state index contributed by atoms with van der Waals surface area (Å²) in [6.45, 7) is 1.79. The number of carbonyl (C=O) groups is 1. The van der Waals surface area contributed by atoms with Gasteiger partial charge in [0.1, 0.15) is 12.7 Å². The third-order valence-corrected chi connectivity index (χ3v) is 4.63. The molecule has 0 aliphatic carbocycles. The summed E-state index contributed by atoms with van der Waals surface area (Å²) < 4.78 is 4.86. The van der Waals surface area contributed by atoms with Gasteiger partial charge in [0, 0.05) is 6.42 Å². The van der Waals surface area contributed by atoms with Gasteiger partial charge in [0.25, 0.3) is 0 Å². The summed E-state index contributed by atoms with van der Waals surface area (Å²) in [5.74, 6) is -0.276. The number of esters is 1. The molecule has 0 aromatic carbocycles. The van der Waals surface area contributed by atoms with Gasteiger partial charge in [-0.1, -0.05) is 96.8 Å². The number of ether oxygens (including phenoxy) is 1. The van der Waals surface area contributed by atoms with Gasteiger partial charge in [-0.2, -0.15) is 0 Å². The van der Waals surface area contributed by atoms with Crippen LogP contribution in [-0.2, 0) is 42.2 Å². The zero-order valence-electron chi connectivity index (χ0n) is 17.8. The van der Waals surface area contributed by atoms with Crippen molar-refractivity contribution in [2.75, 3.05) is 13.2 Å². The van der Waals surface area contributed by atoms with E-state index in [4.69, 9.17) is 14.9 Å². The molecular formula is C21H42O6Ti. The van der Waals surface area contributed by atoms with Crippen LogP contribution >= 0.6 is 0 Å². The minimum Gasteiger partial charge on any atom is -2.00 e. The topological polar surface area (TPSA) is 124 Å². The summed E-state index contributed by atoms with van der Waals surface area (Å²) in [6.07, 6.45) is 19.0. The minimum atomic E-state index is -0.954. The van der Waals surface area contributed by atoms with E-state index >= 15 is 0 Å². The second-order valence-corrected chi connectivity index (χ2v) is 7.22. The zero-order chi connectivity index (χ0) is 18.6. The Balaban J connectivity index is -0.000000960. The Morgan fingerprint density at radius 3 is 1.46 bits per heavy atom. The van der Waals surface area contributed by atoms with Gasteiger partial charge in [0.05, 0.1) is 6.61 Å². The summed E-state index contributed by atoms with van der Waals surface area (Å²) in [7, 11) is 0. The van der Waals surface area contributed by atoms with Gasteiger partial charge in [-0.15, -0.1) is 0 Å². The molecule has 0 aromatic heterocycles. The van der Waals surface area contributed by atoms with Crippen LogP contribution in [-0.4, -0.2) is 35.5 Å². The summed E-state index contributed by atoms with van der Waals surface area (Å²) >= 11 is 0. The number of aliphatic hydroxyl groups excluding tert-OH is 2. The first-order chi connectivity index (χ1) is 12.2. The fraction of sp³-hybridized carbons (Fsp3) is 0.952. The molecule has 0 aromatic rings. The number of rotatable bonds is 19. The van der Waals surface area contributed by atoms with Crippen LogP contribution in [0.3, 0.4) is 0 Å². The number of carbonyl (C=O) groups excluding carboxylic acids is 1. The Bertz CT molecular complexity index is 292. The normalized spacial score (nSPS) is 11.0. The van der Waals surface area contributed by atoms with Crippen molar-refractivity contribution in [1.29, 1.82) is 0 Å². The summed E-state index contributed by atoms with van der Waals surface area (Å²) in [6, 6.07) is 0. The molecule has 0 rings (SSSR count). The Morgan fingerprint density at radius 1 is 0.750 bits per heavy atom. The van der Waals surface area contributed by atoms with Gasteiger partial charge in [0.15, 0.2) is 0 Å². The molecule has 0 aliphatic heterocycles. The van der Waals surface area contributed by atoms with Crippen LogP contribution in [0.2, 0.25) is 0 Å². The molecule has 1 atom stereocenters. The van der Waals surface area contributed by atoms with Crippen molar-refractivity contribution in [1.82, 2.24) is 0 Å². The average molecular weight is 438 g/mol. The predicted molar refractivity (Wildman–Crippen MR) is 105 cm³/mol. The van der Waals surface area contributed by atoms with Gasteiger partial charge in [0.2, 0.25) is 0 Å². The van der Waals surface area contributed by atoms with Crippen LogP contribution in [0, 0.1) is 0 Å². The van der Waals surface area contributed by atoms with Crippen molar-refractivity contribution in [2.24, 2.45) is 0 Å². The monoisotopic (exact) mass is 438 g/mol. The number of hydrogen-bond acceptors (Lipinski definition) is 4. The van der Waals surface area contributed by atoms with E-state index in [0.717, 1.165) is 12.8 Å². The van der Waals surface area contributed by atoms with Crippen LogP contribution in [0.4, 0.5) is 0 Å². The SMILES string of the molecule is CCCCCCCCCCCCCCCCCC(=O)OCC(O)CO.[O-2].[O-2].[Ti+4]. The number of unbranched alkanes of at least 4 members (excludes halogenated alkanes) is 14. The average Bonchev–Trinajstić information content (AvgIpc) is 2.62. The molecule has 0 aliphatic rings. The van der Waals surface area contributed by atoms with Crippen LogP contribution in [0.25, 0.3) is 0 Å². The summed E-state index contributed by atoms with van der Waals surface area (Å²) in [5, 5.41) is 17.7. The maximum Gasteiger partial charge on any atom is 4.00 e. The van der Waals surface area contributed by atoms with Gasteiger partial charge in [-0.05, 0) is 6.42 Å². The van der Waals surface area contributed by atoms with Crippen molar-refractivity contribution in [2.45, 2.75) is 116 Å². The van der Waals surface area contributed by atoms with E-state index in [0.29, 0.717) is 6.42 Å². The quantitative estimate of drug-likeness (QED) is 0.169. The van der Waals surface area contributed by atoms with E-state index in [1.807, 2.05) is 0 Å². The van der Waals surface area contributed by atoms with Crippen molar-refractivity contribution >= 4 is 5.97 Å². The first-order valence-electron chi connectivity index (χ1n) is 10.6. The summed E-state index contributed by atoms with van der Waals surface area (Å²) in [4.78, 5) is 11.4. The van der Waals surface area contributed by atoms with Crippen LogP contribution < -0.4 is 0 Å². The van der Waals surface area contributed by atoms with Gasteiger partial charge >= 0.3 is 27.7 Å². The molecule has 7 heteroatoms. The van der Waals surface area contributed by atoms with E-state index < -0.39 is 6.10 Å². The molecule has 0 amide bonds. The molecule has 0 spiro atoms. The molecule has 0 saturated carbocycles. The molecule has 2 N–H and O–H groups in total. The molecule has 0 radical (unpaired) electrons. The fourth-order valence-electron chi connectivity index (χ4n) is 2.95. The standard InChI is InChI=1S/C21H42O4.2O.Ti/c1-2-3-4-5-6-7-8-9-10-11-12-13-14-15-16-17-21(24)25-19-20(23)18-22;;;/h20,22-23H,2-19H2,1H3;;;/q;2*-2;+4. The molecule has 6 nitrogen and oxygen atoms in total. The second kappa shape index (κ2) is 29.2. The third-order valence-electron chi connectivity index (χ3n) is 4.63. The Labute approximate surface area is 187 Å². The molecule has 0 bridgehead atoms. The van der Waals surface area contributed by atoms with Crippen molar-refractivity contribution in [3.05, 3.63) is 0 Å². The number of hydrogen-bond donors (Lipinski definition) is 2. The largest absolute Gasteiger partial charge is 4.00 e. The van der Waals surface area contributed by atoms with Gasteiger partial charge in [-0.3, -0.25) is 4.79 Å². The maximum atomic E-state index is 11.4. The third kappa shape index (κ3) is 28.2. The maximum absolute atomic E-state index is 11.4. The van der Waals surface area contributed by atoms with Crippen LogP contribution in [0.5, 0.6) is 0 Å². The van der Waals surface area contributed by atoms with Crippen LogP contribution in [0.15, 0.2) is 0 Å². The molecule has 28 heavy (non-hydrogen) atoms. The first-order valence-corrected chi connectivity index (χ1v) is 10.6. The van der Waals surface area contributed by atoms with Crippen molar-refractivity contribution in [3.63, 3.8) is 0 Å². The Hall–Kier alpha value is 0.0243. The number of aliphatic hydroxyl groups is 2. The van der Waals surface area contributed by atoms with E-state index in [9.17, 15) is 4.79 Å². The van der Waals surface area contributed by atoms with Crippen LogP contribution in [0.1, 0.15) is 110 Å². The zero-order valence-corrected chi connectivity index (χ0v) is 19.4. The van der Waals surface area contributed by atoms with E-state index in [-0.39, 0.29) is 51.9 Å². The molecule has 0 heterocycles. The van der Waals surface area contributed by atoms with E-state index in [2.05, 4.69) is 6.92 Å².